The van der Waals surface area contributed by atoms with Crippen molar-refractivity contribution in [3.8, 4) is 0 Å². The molecule has 2 rings (SSSR count). The fraction of sp³-hybridized carbons (Fsp3) is 0.385. The van der Waals surface area contributed by atoms with Crippen molar-refractivity contribution in [2.45, 2.75) is 25.5 Å². The van der Waals surface area contributed by atoms with E-state index in [1.165, 1.54) is 6.07 Å². The third-order valence-electron chi connectivity index (χ3n) is 3.03. The molecule has 2 atom stereocenters. The first-order valence-corrected chi connectivity index (χ1v) is 5.82. The van der Waals surface area contributed by atoms with E-state index in [-0.39, 0.29) is 23.5 Å². The number of nitrogens with one attached hydrogen (secondary N) is 1. The first kappa shape index (κ1) is 13.0. The normalized spacial score (nSPS) is 14.9. The average Bonchev–Trinajstić information content (AvgIpc) is 2.80. The molecule has 0 aliphatic heterocycles. The highest BCUT2D eigenvalue weighted by molar-refractivity contribution is 5.78. The Morgan fingerprint density at radius 1 is 1.50 bits per heavy atom. The molecule has 0 saturated carbocycles. The van der Waals surface area contributed by atoms with Gasteiger partial charge < -0.3 is 9.15 Å². The molecular weight excluding hydrogens is 235 g/mol. The lowest BCUT2D eigenvalue weighted by Gasteiger charge is -2.17. The molecule has 0 aliphatic carbocycles. The van der Waals surface area contributed by atoms with Crippen molar-refractivity contribution >= 4 is 11.0 Å². The zero-order chi connectivity index (χ0) is 13.1. The van der Waals surface area contributed by atoms with Gasteiger partial charge in [-0.25, -0.2) is 9.82 Å². The molecule has 2 aromatic rings. The molecule has 0 spiro atoms. The van der Waals surface area contributed by atoms with Crippen LogP contribution < -0.4 is 11.3 Å². The van der Waals surface area contributed by atoms with E-state index >= 15 is 0 Å². The van der Waals surface area contributed by atoms with Crippen molar-refractivity contribution < 1.29 is 13.5 Å². The molecule has 1 aromatic carbocycles. The van der Waals surface area contributed by atoms with E-state index < -0.39 is 0 Å². The van der Waals surface area contributed by atoms with Crippen molar-refractivity contribution in [2.75, 3.05) is 7.11 Å². The van der Waals surface area contributed by atoms with Crippen LogP contribution >= 0.6 is 0 Å². The summed E-state index contributed by atoms with van der Waals surface area (Å²) in [5.41, 5.74) is 2.93. The van der Waals surface area contributed by atoms with E-state index in [0.29, 0.717) is 12.2 Å². The lowest BCUT2D eigenvalue weighted by molar-refractivity contribution is 0.0978. The minimum Gasteiger partial charge on any atom is -0.456 e. The molecule has 3 N–H and O–H groups in total. The van der Waals surface area contributed by atoms with Crippen LogP contribution in [0.15, 0.2) is 28.7 Å². The zero-order valence-electron chi connectivity index (χ0n) is 10.4. The molecular formula is C13H17FN2O2. The van der Waals surface area contributed by atoms with Crippen LogP contribution in [-0.2, 0) is 4.74 Å². The van der Waals surface area contributed by atoms with Crippen LogP contribution in [0.1, 0.15) is 25.1 Å². The summed E-state index contributed by atoms with van der Waals surface area (Å²) in [5.74, 6) is 5.75. The molecule has 0 bridgehead atoms. The second kappa shape index (κ2) is 5.48. The second-order valence-corrected chi connectivity index (χ2v) is 4.31. The quantitative estimate of drug-likeness (QED) is 0.634. The van der Waals surface area contributed by atoms with Crippen LogP contribution in [0.3, 0.4) is 0 Å². The van der Waals surface area contributed by atoms with E-state index in [4.69, 9.17) is 15.0 Å². The minimum atomic E-state index is -0.366. The van der Waals surface area contributed by atoms with Gasteiger partial charge in [0, 0.05) is 12.5 Å². The van der Waals surface area contributed by atoms with E-state index in [9.17, 15) is 4.39 Å². The number of hydrogen-bond donors (Lipinski definition) is 2. The molecule has 1 aromatic heterocycles. The Hall–Kier alpha value is -1.43. The predicted molar refractivity (Wildman–Crippen MR) is 67.3 cm³/mol. The summed E-state index contributed by atoms with van der Waals surface area (Å²) in [4.78, 5) is 0. The molecule has 0 amide bonds. The standard InChI is InChI=1S/C13H17FN2O2/c1-8(17-2)6-11(16-15)12-7-9-4-3-5-10(14)13(9)18-12/h3-5,7-8,11,16H,6,15H2,1-2H3. The molecule has 0 saturated heterocycles. The van der Waals surface area contributed by atoms with E-state index in [2.05, 4.69) is 5.43 Å². The first-order valence-electron chi connectivity index (χ1n) is 5.82. The van der Waals surface area contributed by atoms with Gasteiger partial charge in [-0.15, -0.1) is 0 Å². The Labute approximate surface area is 105 Å². The number of benzene rings is 1. The fourth-order valence-electron chi connectivity index (χ4n) is 1.91. The number of hydrazine groups is 1. The Bertz CT molecular complexity index is 527. The van der Waals surface area contributed by atoms with Gasteiger partial charge in [0.05, 0.1) is 12.1 Å². The SMILES string of the molecule is COC(C)CC(NN)c1cc2cccc(F)c2o1. The molecule has 98 valence electrons. The van der Waals surface area contributed by atoms with Crippen molar-refractivity contribution in [2.24, 2.45) is 5.84 Å². The van der Waals surface area contributed by atoms with Crippen molar-refractivity contribution in [3.63, 3.8) is 0 Å². The lowest BCUT2D eigenvalue weighted by atomic mass is 10.1. The zero-order valence-corrected chi connectivity index (χ0v) is 10.4. The Morgan fingerprint density at radius 2 is 2.28 bits per heavy atom. The number of rotatable bonds is 5. The van der Waals surface area contributed by atoms with Gasteiger partial charge in [0.2, 0.25) is 0 Å². The number of furan rings is 1. The van der Waals surface area contributed by atoms with Gasteiger partial charge in [0.15, 0.2) is 11.4 Å². The molecule has 0 radical (unpaired) electrons. The number of methoxy groups -OCH3 is 1. The second-order valence-electron chi connectivity index (χ2n) is 4.31. The largest absolute Gasteiger partial charge is 0.456 e. The third kappa shape index (κ3) is 2.53. The number of nitrogens with two attached hydrogens (primary N) is 1. The van der Waals surface area contributed by atoms with Crippen molar-refractivity contribution in [3.05, 3.63) is 35.8 Å². The van der Waals surface area contributed by atoms with Gasteiger partial charge in [0.1, 0.15) is 5.76 Å². The average molecular weight is 252 g/mol. The van der Waals surface area contributed by atoms with E-state index in [1.54, 1.807) is 25.3 Å². The summed E-state index contributed by atoms with van der Waals surface area (Å²) in [6.45, 7) is 1.94. The predicted octanol–water partition coefficient (Wildman–Crippen LogP) is 2.50. The maximum atomic E-state index is 13.5. The fourth-order valence-corrected chi connectivity index (χ4v) is 1.91. The summed E-state index contributed by atoms with van der Waals surface area (Å²) >= 11 is 0. The first-order chi connectivity index (χ1) is 8.65. The van der Waals surface area contributed by atoms with Crippen LogP contribution in [0.4, 0.5) is 4.39 Å². The summed E-state index contributed by atoms with van der Waals surface area (Å²) in [6, 6.07) is 6.42. The summed E-state index contributed by atoms with van der Waals surface area (Å²) in [5, 5.41) is 0.732. The number of ether oxygens (including phenoxy) is 1. The highest BCUT2D eigenvalue weighted by atomic mass is 19.1. The number of fused-ring (bicyclic) bond motifs is 1. The minimum absolute atomic E-state index is 0.0316. The van der Waals surface area contributed by atoms with Crippen molar-refractivity contribution in [1.29, 1.82) is 0 Å². The monoisotopic (exact) mass is 252 g/mol. The molecule has 2 unspecified atom stereocenters. The lowest BCUT2D eigenvalue weighted by Crippen LogP contribution is -2.30. The van der Waals surface area contributed by atoms with Crippen molar-refractivity contribution in [1.82, 2.24) is 5.43 Å². The topological polar surface area (TPSA) is 60.4 Å². The maximum Gasteiger partial charge on any atom is 0.169 e. The third-order valence-corrected chi connectivity index (χ3v) is 3.03. The van der Waals surface area contributed by atoms with Gasteiger partial charge in [-0.2, -0.15) is 0 Å². The number of halogens is 1. The maximum absolute atomic E-state index is 13.5. The van der Waals surface area contributed by atoms with Gasteiger partial charge in [-0.05, 0) is 25.5 Å². The molecule has 5 heteroatoms. The molecule has 1 heterocycles. The highest BCUT2D eigenvalue weighted by Crippen LogP contribution is 2.28. The molecule has 0 fully saturated rings. The van der Waals surface area contributed by atoms with Gasteiger partial charge >= 0.3 is 0 Å². The van der Waals surface area contributed by atoms with E-state index in [1.807, 2.05) is 6.92 Å². The summed E-state index contributed by atoms with van der Waals surface area (Å²) in [6.07, 6.45) is 0.679. The summed E-state index contributed by atoms with van der Waals surface area (Å²) in [7, 11) is 1.64. The Kier molecular flexibility index (Phi) is 3.96. The molecule has 4 nitrogen and oxygen atoms in total. The van der Waals surface area contributed by atoms with Crippen LogP contribution in [0, 0.1) is 5.82 Å². The van der Waals surface area contributed by atoms with Gasteiger partial charge in [0.25, 0.3) is 0 Å². The van der Waals surface area contributed by atoms with Crippen LogP contribution in [-0.4, -0.2) is 13.2 Å². The van der Waals surface area contributed by atoms with Crippen LogP contribution in [0.5, 0.6) is 0 Å². The van der Waals surface area contributed by atoms with Gasteiger partial charge in [-0.1, -0.05) is 12.1 Å². The van der Waals surface area contributed by atoms with Crippen LogP contribution in [0.2, 0.25) is 0 Å². The molecule has 0 aliphatic rings. The smallest absolute Gasteiger partial charge is 0.169 e. The number of para-hydroxylation sites is 1. The Balaban J connectivity index is 2.31. The highest BCUT2D eigenvalue weighted by Gasteiger charge is 2.19. The Morgan fingerprint density at radius 3 is 2.89 bits per heavy atom. The number of hydrogen-bond acceptors (Lipinski definition) is 4. The molecule has 18 heavy (non-hydrogen) atoms. The van der Waals surface area contributed by atoms with E-state index in [0.717, 1.165) is 5.39 Å². The van der Waals surface area contributed by atoms with Crippen LogP contribution in [0.25, 0.3) is 11.0 Å². The summed E-state index contributed by atoms with van der Waals surface area (Å²) < 4.78 is 24.2. The van der Waals surface area contributed by atoms with Gasteiger partial charge in [-0.3, -0.25) is 5.84 Å².